The summed E-state index contributed by atoms with van der Waals surface area (Å²) in [7, 11) is 2.08. The van der Waals surface area contributed by atoms with Crippen LogP contribution in [0.15, 0.2) is 48.5 Å². The van der Waals surface area contributed by atoms with E-state index in [2.05, 4.69) is 37.1 Å². The third kappa shape index (κ3) is 2.70. The van der Waals surface area contributed by atoms with E-state index in [0.717, 1.165) is 17.7 Å². The van der Waals surface area contributed by atoms with Crippen LogP contribution in [0.5, 0.6) is 0 Å². The Labute approximate surface area is 108 Å². The summed E-state index contributed by atoms with van der Waals surface area (Å²) in [6.07, 6.45) is 0. The Balaban J connectivity index is 2.18. The molecule has 0 saturated carbocycles. The van der Waals surface area contributed by atoms with Gasteiger partial charge in [-0.25, -0.2) is 0 Å². The summed E-state index contributed by atoms with van der Waals surface area (Å²) in [5.41, 5.74) is 4.33. The number of rotatable bonds is 3. The highest BCUT2D eigenvalue weighted by atomic mass is 15.1. The highest BCUT2D eigenvalue weighted by Gasteiger charge is 2.04. The van der Waals surface area contributed by atoms with Gasteiger partial charge in [-0.3, -0.25) is 0 Å². The maximum absolute atomic E-state index is 8.85. The summed E-state index contributed by atoms with van der Waals surface area (Å²) < 4.78 is 0. The quantitative estimate of drug-likeness (QED) is 0.815. The van der Waals surface area contributed by atoms with Crippen LogP contribution in [-0.4, -0.2) is 7.05 Å². The lowest BCUT2D eigenvalue weighted by molar-refractivity contribution is 0.914. The van der Waals surface area contributed by atoms with E-state index >= 15 is 0 Å². The smallest absolute Gasteiger partial charge is 0.0991 e. The van der Waals surface area contributed by atoms with E-state index in [1.54, 1.807) is 0 Å². The Morgan fingerprint density at radius 2 is 1.83 bits per heavy atom. The third-order valence-electron chi connectivity index (χ3n) is 3.08. The average molecular weight is 236 g/mol. The van der Waals surface area contributed by atoms with E-state index in [9.17, 15) is 0 Å². The van der Waals surface area contributed by atoms with Gasteiger partial charge in [0.15, 0.2) is 0 Å². The van der Waals surface area contributed by atoms with E-state index in [4.69, 9.17) is 5.26 Å². The minimum absolute atomic E-state index is 0.721. The third-order valence-corrected chi connectivity index (χ3v) is 3.08. The zero-order valence-electron chi connectivity index (χ0n) is 10.7. The van der Waals surface area contributed by atoms with Gasteiger partial charge in [0.25, 0.3) is 0 Å². The molecule has 0 saturated heterocycles. The van der Waals surface area contributed by atoms with Crippen molar-refractivity contribution < 1.29 is 0 Å². The van der Waals surface area contributed by atoms with Crippen LogP contribution >= 0.6 is 0 Å². The van der Waals surface area contributed by atoms with E-state index in [1.807, 2.05) is 36.4 Å². The fourth-order valence-corrected chi connectivity index (χ4v) is 1.97. The summed E-state index contributed by atoms with van der Waals surface area (Å²) in [5, 5.41) is 8.85. The van der Waals surface area contributed by atoms with Crippen LogP contribution < -0.4 is 4.90 Å². The first-order valence-corrected chi connectivity index (χ1v) is 5.96. The second-order valence-corrected chi connectivity index (χ2v) is 4.44. The van der Waals surface area contributed by atoms with Gasteiger partial charge in [-0.2, -0.15) is 5.26 Å². The second kappa shape index (κ2) is 5.37. The van der Waals surface area contributed by atoms with Gasteiger partial charge in [-0.15, -0.1) is 0 Å². The molecule has 0 N–H and O–H groups in total. The number of hydrogen-bond donors (Lipinski definition) is 0. The number of anilines is 1. The molecule has 2 rings (SSSR count). The molecule has 0 radical (unpaired) electrons. The highest BCUT2D eigenvalue weighted by molar-refractivity contribution is 5.47. The average Bonchev–Trinajstić information content (AvgIpc) is 2.42. The maximum atomic E-state index is 8.85. The Kier molecular flexibility index (Phi) is 3.64. The fraction of sp³-hybridized carbons (Fsp3) is 0.188. The molecule has 0 unspecified atom stereocenters. The first kappa shape index (κ1) is 12.2. The molecule has 0 atom stereocenters. The second-order valence-electron chi connectivity index (χ2n) is 4.44. The van der Waals surface area contributed by atoms with E-state index in [1.165, 1.54) is 11.3 Å². The van der Waals surface area contributed by atoms with Crippen LogP contribution in [0.2, 0.25) is 0 Å². The van der Waals surface area contributed by atoms with Crippen LogP contribution in [0.25, 0.3) is 0 Å². The van der Waals surface area contributed by atoms with E-state index < -0.39 is 0 Å². The SMILES string of the molecule is Cc1cc(C#N)ccc1CN(C)c1ccccc1. The molecule has 18 heavy (non-hydrogen) atoms. The first-order valence-electron chi connectivity index (χ1n) is 5.96. The van der Waals surface area contributed by atoms with Crippen molar-refractivity contribution in [2.45, 2.75) is 13.5 Å². The molecule has 2 aromatic carbocycles. The standard InChI is InChI=1S/C16H16N2/c1-13-10-14(11-17)8-9-15(13)12-18(2)16-6-4-3-5-7-16/h3-10H,12H2,1-2H3. The lowest BCUT2D eigenvalue weighted by atomic mass is 10.1. The zero-order chi connectivity index (χ0) is 13.0. The molecule has 0 aliphatic heterocycles. The van der Waals surface area contributed by atoms with Crippen molar-refractivity contribution in [2.24, 2.45) is 0 Å². The molecular formula is C16H16N2. The highest BCUT2D eigenvalue weighted by Crippen LogP contribution is 2.17. The lowest BCUT2D eigenvalue weighted by Gasteiger charge is -2.20. The predicted molar refractivity (Wildman–Crippen MR) is 74.4 cm³/mol. The molecule has 0 aliphatic rings. The van der Waals surface area contributed by atoms with Gasteiger partial charge < -0.3 is 4.90 Å². The topological polar surface area (TPSA) is 27.0 Å². The van der Waals surface area contributed by atoms with Gasteiger partial charge in [0.2, 0.25) is 0 Å². The monoisotopic (exact) mass is 236 g/mol. The Bertz CT molecular complexity index is 567. The van der Waals surface area contributed by atoms with Gasteiger partial charge in [-0.05, 0) is 42.3 Å². The van der Waals surface area contributed by atoms with Gasteiger partial charge in [-0.1, -0.05) is 24.3 Å². The lowest BCUT2D eigenvalue weighted by Crippen LogP contribution is -2.16. The van der Waals surface area contributed by atoms with Gasteiger partial charge in [0.1, 0.15) is 0 Å². The number of hydrogen-bond acceptors (Lipinski definition) is 2. The number of aryl methyl sites for hydroxylation is 1. The Morgan fingerprint density at radius 1 is 1.11 bits per heavy atom. The van der Waals surface area contributed by atoms with Crippen LogP contribution in [-0.2, 0) is 6.54 Å². The maximum Gasteiger partial charge on any atom is 0.0991 e. The summed E-state index contributed by atoms with van der Waals surface area (Å²) in [5.74, 6) is 0. The molecule has 2 aromatic rings. The van der Waals surface area contributed by atoms with Gasteiger partial charge in [0, 0.05) is 19.3 Å². The molecule has 0 amide bonds. The zero-order valence-corrected chi connectivity index (χ0v) is 10.7. The number of benzene rings is 2. The van der Waals surface area contributed by atoms with Crippen molar-refractivity contribution in [1.82, 2.24) is 0 Å². The summed E-state index contributed by atoms with van der Waals surface area (Å²) >= 11 is 0. The van der Waals surface area contributed by atoms with E-state index in [0.29, 0.717) is 0 Å². The van der Waals surface area contributed by atoms with Gasteiger partial charge >= 0.3 is 0 Å². The molecule has 0 fully saturated rings. The summed E-state index contributed by atoms with van der Waals surface area (Å²) in [6, 6.07) is 18.3. The van der Waals surface area contributed by atoms with Crippen molar-refractivity contribution >= 4 is 5.69 Å². The fourth-order valence-electron chi connectivity index (χ4n) is 1.97. The van der Waals surface area contributed by atoms with Crippen LogP contribution in [0, 0.1) is 18.3 Å². The van der Waals surface area contributed by atoms with Gasteiger partial charge in [0.05, 0.1) is 11.6 Å². The summed E-state index contributed by atoms with van der Waals surface area (Å²) in [6.45, 7) is 2.90. The van der Waals surface area contributed by atoms with E-state index in [-0.39, 0.29) is 0 Å². The molecule has 0 bridgehead atoms. The Hall–Kier alpha value is -2.27. The van der Waals surface area contributed by atoms with Crippen molar-refractivity contribution in [3.63, 3.8) is 0 Å². The number of nitrogens with zero attached hydrogens (tertiary/aromatic N) is 2. The molecule has 90 valence electrons. The first-order chi connectivity index (χ1) is 8.70. The minimum Gasteiger partial charge on any atom is -0.370 e. The summed E-state index contributed by atoms with van der Waals surface area (Å²) in [4.78, 5) is 2.20. The van der Waals surface area contributed by atoms with Crippen LogP contribution in [0.3, 0.4) is 0 Å². The molecule has 2 heteroatoms. The normalized spacial score (nSPS) is 9.83. The molecule has 0 aromatic heterocycles. The van der Waals surface area contributed by atoms with Crippen molar-refractivity contribution in [3.8, 4) is 6.07 Å². The largest absolute Gasteiger partial charge is 0.370 e. The molecular weight excluding hydrogens is 220 g/mol. The van der Waals surface area contributed by atoms with Crippen LogP contribution in [0.1, 0.15) is 16.7 Å². The predicted octanol–water partition coefficient (Wildman–Crippen LogP) is 3.50. The molecule has 0 aliphatic carbocycles. The Morgan fingerprint density at radius 3 is 2.44 bits per heavy atom. The van der Waals surface area contributed by atoms with Crippen molar-refractivity contribution in [1.29, 1.82) is 5.26 Å². The molecule has 0 spiro atoms. The molecule has 0 heterocycles. The van der Waals surface area contributed by atoms with Crippen molar-refractivity contribution in [2.75, 3.05) is 11.9 Å². The number of para-hydroxylation sites is 1. The number of nitriles is 1. The van der Waals surface area contributed by atoms with Crippen LogP contribution in [0.4, 0.5) is 5.69 Å². The molecule has 2 nitrogen and oxygen atoms in total. The minimum atomic E-state index is 0.721. The van der Waals surface area contributed by atoms with Crippen molar-refractivity contribution in [3.05, 3.63) is 65.2 Å².